The molecule has 2 aromatic heterocycles. The molecule has 1 aromatic carbocycles. The van der Waals surface area contributed by atoms with Crippen LogP contribution >= 0.6 is 0 Å². The molecule has 1 fully saturated rings. The largest absolute Gasteiger partial charge is 0.497 e. The van der Waals surface area contributed by atoms with Crippen LogP contribution in [0.1, 0.15) is 11.8 Å². The van der Waals surface area contributed by atoms with Crippen LogP contribution in [0.25, 0.3) is 11.5 Å². The zero-order chi connectivity index (χ0) is 17.9. The van der Waals surface area contributed by atoms with Crippen LogP contribution in [0.4, 0.5) is 10.5 Å². The highest BCUT2D eigenvalue weighted by Crippen LogP contribution is 2.28. The van der Waals surface area contributed by atoms with E-state index in [1.165, 1.54) is 0 Å². The van der Waals surface area contributed by atoms with Gasteiger partial charge in [0.15, 0.2) is 0 Å². The third-order valence-corrected chi connectivity index (χ3v) is 4.07. The number of nitrogens with zero attached hydrogens (tertiary/aromatic N) is 5. The van der Waals surface area contributed by atoms with Crippen molar-refractivity contribution in [2.75, 3.05) is 25.5 Å². The van der Waals surface area contributed by atoms with Gasteiger partial charge >= 0.3 is 6.03 Å². The number of carbonyl (C=O) groups excluding carboxylic acids is 1. The lowest BCUT2D eigenvalue weighted by molar-refractivity contribution is 0.147. The first-order valence-electron chi connectivity index (χ1n) is 8.03. The van der Waals surface area contributed by atoms with Gasteiger partial charge in [-0.2, -0.15) is 4.98 Å². The number of methoxy groups -OCH3 is 1. The van der Waals surface area contributed by atoms with Gasteiger partial charge in [-0.05, 0) is 12.1 Å². The van der Waals surface area contributed by atoms with Gasteiger partial charge in [-0.1, -0.05) is 11.2 Å². The van der Waals surface area contributed by atoms with E-state index < -0.39 is 0 Å². The normalized spacial score (nSPS) is 14.0. The number of aromatic nitrogens is 4. The highest BCUT2D eigenvalue weighted by molar-refractivity contribution is 5.90. The van der Waals surface area contributed by atoms with Crippen LogP contribution in [0.5, 0.6) is 5.75 Å². The molecular formula is C17H16N6O3. The quantitative estimate of drug-likeness (QED) is 0.767. The van der Waals surface area contributed by atoms with Crippen molar-refractivity contribution >= 4 is 11.7 Å². The van der Waals surface area contributed by atoms with Gasteiger partial charge in [0.1, 0.15) is 11.4 Å². The van der Waals surface area contributed by atoms with Crippen LogP contribution in [0.15, 0.2) is 47.4 Å². The lowest BCUT2D eigenvalue weighted by Gasteiger charge is -2.36. The molecule has 0 spiro atoms. The van der Waals surface area contributed by atoms with Crippen molar-refractivity contribution in [2.45, 2.75) is 5.92 Å². The molecule has 9 nitrogen and oxygen atoms in total. The molecule has 0 aliphatic carbocycles. The van der Waals surface area contributed by atoms with Gasteiger partial charge < -0.3 is 19.5 Å². The summed E-state index contributed by atoms with van der Waals surface area (Å²) in [6.45, 7) is 1.02. The van der Waals surface area contributed by atoms with Crippen LogP contribution in [-0.2, 0) is 0 Å². The number of urea groups is 1. The van der Waals surface area contributed by atoms with Crippen LogP contribution in [0.2, 0.25) is 0 Å². The Kier molecular flexibility index (Phi) is 4.18. The van der Waals surface area contributed by atoms with Gasteiger partial charge in [-0.25, -0.2) is 9.78 Å². The van der Waals surface area contributed by atoms with Crippen molar-refractivity contribution in [2.24, 2.45) is 0 Å². The summed E-state index contributed by atoms with van der Waals surface area (Å²) in [5.41, 5.74) is 1.23. The molecule has 1 N–H and O–H groups in total. The van der Waals surface area contributed by atoms with Gasteiger partial charge in [0.25, 0.3) is 0 Å². The van der Waals surface area contributed by atoms with Crippen molar-refractivity contribution in [3.05, 3.63) is 48.7 Å². The molecule has 1 aliphatic heterocycles. The Balaban J connectivity index is 1.35. The SMILES string of the molecule is COc1cccc(NC(=O)N2CC(c3nc(-c4cnccn4)no3)C2)c1. The molecule has 3 aromatic rings. The molecule has 2 amide bonds. The predicted molar refractivity (Wildman–Crippen MR) is 91.7 cm³/mol. The number of anilines is 1. The van der Waals surface area contributed by atoms with E-state index in [9.17, 15) is 4.79 Å². The molecule has 132 valence electrons. The molecule has 3 heterocycles. The lowest BCUT2D eigenvalue weighted by Crippen LogP contribution is -2.50. The summed E-state index contributed by atoms with van der Waals surface area (Å²) in [5, 5.41) is 6.77. The molecular weight excluding hydrogens is 336 g/mol. The minimum absolute atomic E-state index is 0.0176. The standard InChI is InChI=1S/C17H16N6O3/c1-25-13-4-2-3-12(7-13)20-17(24)23-9-11(10-23)16-21-15(22-26-16)14-8-18-5-6-19-14/h2-8,11H,9-10H2,1H3,(H,20,24). The number of carbonyl (C=O) groups is 1. The molecule has 1 saturated heterocycles. The van der Waals surface area contributed by atoms with Crippen LogP contribution < -0.4 is 10.1 Å². The molecule has 4 rings (SSSR count). The summed E-state index contributed by atoms with van der Waals surface area (Å²) in [6.07, 6.45) is 4.72. The first-order valence-corrected chi connectivity index (χ1v) is 8.03. The monoisotopic (exact) mass is 352 g/mol. The van der Waals surface area contributed by atoms with Gasteiger partial charge in [0.2, 0.25) is 11.7 Å². The molecule has 0 atom stereocenters. The smallest absolute Gasteiger partial charge is 0.321 e. The second kappa shape index (κ2) is 6.79. The molecule has 0 unspecified atom stereocenters. The lowest BCUT2D eigenvalue weighted by atomic mass is 10.0. The molecule has 1 aliphatic rings. The molecule has 0 saturated carbocycles. The number of hydrogen-bond donors (Lipinski definition) is 1. The fraction of sp³-hybridized carbons (Fsp3) is 0.235. The summed E-state index contributed by atoms with van der Waals surface area (Å²) in [7, 11) is 1.58. The summed E-state index contributed by atoms with van der Waals surface area (Å²) in [5.74, 6) is 1.60. The molecule has 9 heteroatoms. The summed E-state index contributed by atoms with van der Waals surface area (Å²) in [4.78, 5) is 26.4. The van der Waals surface area contributed by atoms with E-state index in [-0.39, 0.29) is 11.9 Å². The number of benzene rings is 1. The fourth-order valence-electron chi connectivity index (χ4n) is 2.62. The Hall–Kier alpha value is -3.49. The van der Waals surface area contributed by atoms with Crippen LogP contribution in [-0.4, -0.2) is 51.2 Å². The second-order valence-corrected chi connectivity index (χ2v) is 5.81. The highest BCUT2D eigenvalue weighted by Gasteiger charge is 2.35. The number of amides is 2. The zero-order valence-corrected chi connectivity index (χ0v) is 14.0. The highest BCUT2D eigenvalue weighted by atomic mass is 16.5. The second-order valence-electron chi connectivity index (χ2n) is 5.81. The van der Waals surface area contributed by atoms with E-state index in [0.717, 1.165) is 0 Å². The average molecular weight is 352 g/mol. The van der Waals surface area contributed by atoms with Crippen LogP contribution in [0, 0.1) is 0 Å². The van der Waals surface area contributed by atoms with E-state index >= 15 is 0 Å². The first kappa shape index (κ1) is 16.0. The number of ether oxygens (including phenoxy) is 1. The topological polar surface area (TPSA) is 106 Å². The maximum Gasteiger partial charge on any atom is 0.321 e. The van der Waals surface area contributed by atoms with Crippen molar-refractivity contribution in [3.8, 4) is 17.3 Å². The van der Waals surface area contributed by atoms with Crippen molar-refractivity contribution in [3.63, 3.8) is 0 Å². The third kappa shape index (κ3) is 3.18. The van der Waals surface area contributed by atoms with E-state index in [1.807, 2.05) is 18.2 Å². The Morgan fingerprint density at radius 3 is 3.00 bits per heavy atom. The minimum Gasteiger partial charge on any atom is -0.497 e. The molecule has 0 radical (unpaired) electrons. The average Bonchev–Trinajstić information content (AvgIpc) is 3.11. The summed E-state index contributed by atoms with van der Waals surface area (Å²) in [6, 6.07) is 7.03. The Bertz CT molecular complexity index is 908. The third-order valence-electron chi connectivity index (χ3n) is 4.07. The molecule has 26 heavy (non-hydrogen) atoms. The first-order chi connectivity index (χ1) is 12.7. The number of nitrogens with one attached hydrogen (secondary N) is 1. The van der Waals surface area contributed by atoms with E-state index in [0.29, 0.717) is 41.9 Å². The fourth-order valence-corrected chi connectivity index (χ4v) is 2.62. The van der Waals surface area contributed by atoms with Gasteiger partial charge in [0.05, 0.1) is 19.2 Å². The number of hydrogen-bond acceptors (Lipinski definition) is 7. The maximum atomic E-state index is 12.3. The van der Waals surface area contributed by atoms with Gasteiger partial charge in [-0.3, -0.25) is 4.98 Å². The van der Waals surface area contributed by atoms with Crippen LogP contribution in [0.3, 0.4) is 0 Å². The number of likely N-dealkylation sites (tertiary alicyclic amines) is 1. The Labute approximate surface area is 149 Å². The van der Waals surface area contributed by atoms with Crippen molar-refractivity contribution in [1.82, 2.24) is 25.0 Å². The number of rotatable bonds is 4. The Morgan fingerprint density at radius 2 is 2.23 bits per heavy atom. The van der Waals surface area contributed by atoms with Crippen molar-refractivity contribution < 1.29 is 14.1 Å². The van der Waals surface area contributed by atoms with Crippen molar-refractivity contribution in [1.29, 1.82) is 0 Å². The predicted octanol–water partition coefficient (Wildman–Crippen LogP) is 2.17. The zero-order valence-electron chi connectivity index (χ0n) is 14.0. The summed E-state index contributed by atoms with van der Waals surface area (Å²) >= 11 is 0. The van der Waals surface area contributed by atoms with Gasteiger partial charge in [-0.15, -0.1) is 0 Å². The minimum atomic E-state index is -0.178. The van der Waals surface area contributed by atoms with E-state index in [4.69, 9.17) is 9.26 Å². The van der Waals surface area contributed by atoms with E-state index in [1.54, 1.807) is 36.7 Å². The van der Waals surface area contributed by atoms with Gasteiger partial charge in [0, 0.05) is 37.2 Å². The summed E-state index contributed by atoms with van der Waals surface area (Å²) < 4.78 is 10.4. The van der Waals surface area contributed by atoms with E-state index in [2.05, 4.69) is 25.4 Å². The molecule has 0 bridgehead atoms. The Morgan fingerprint density at radius 1 is 1.35 bits per heavy atom. The maximum absolute atomic E-state index is 12.3.